The van der Waals surface area contributed by atoms with Gasteiger partial charge in [0.25, 0.3) is 0 Å². The fourth-order valence-electron chi connectivity index (χ4n) is 1.42. The minimum absolute atomic E-state index is 0.111. The van der Waals surface area contributed by atoms with E-state index in [0.29, 0.717) is 11.1 Å². The van der Waals surface area contributed by atoms with Crippen LogP contribution in [0.2, 0.25) is 0 Å². The topological polar surface area (TPSA) is 57.5 Å². The molecule has 0 saturated heterocycles. The molecule has 1 aromatic carbocycles. The summed E-state index contributed by atoms with van der Waals surface area (Å²) in [7, 11) is 0. The highest BCUT2D eigenvalue weighted by molar-refractivity contribution is 5.90. The third-order valence-electron chi connectivity index (χ3n) is 1.99. The molecule has 0 saturated carbocycles. The molecule has 14 heavy (non-hydrogen) atoms. The van der Waals surface area contributed by atoms with Crippen molar-refractivity contribution in [3.05, 3.63) is 35.4 Å². The van der Waals surface area contributed by atoms with Crippen molar-refractivity contribution in [2.24, 2.45) is 0 Å². The van der Waals surface area contributed by atoms with Crippen LogP contribution in [0.3, 0.4) is 0 Å². The lowest BCUT2D eigenvalue weighted by Gasteiger charge is -2.07. The third kappa shape index (κ3) is 2.13. The van der Waals surface area contributed by atoms with Crippen molar-refractivity contribution in [1.29, 1.82) is 0 Å². The Balaban J connectivity index is 3.25. The second kappa shape index (κ2) is 3.96. The summed E-state index contributed by atoms with van der Waals surface area (Å²) in [4.78, 5) is 10.4. The molecule has 1 rings (SSSR count). The Labute approximate surface area is 82.3 Å². The van der Waals surface area contributed by atoms with E-state index in [1.54, 1.807) is 19.1 Å². The monoisotopic (exact) mass is 192 g/mol. The molecule has 0 heterocycles. The molecule has 0 fully saturated rings. The Hall–Kier alpha value is -1.77. The van der Waals surface area contributed by atoms with Crippen LogP contribution in [0.25, 0.3) is 5.57 Å². The SMILES string of the molecule is C/C(=C\C(=O)O)c1c(C)cccc1O. The maximum Gasteiger partial charge on any atom is 0.328 e. The summed E-state index contributed by atoms with van der Waals surface area (Å²) < 4.78 is 0. The van der Waals surface area contributed by atoms with Gasteiger partial charge in [0.1, 0.15) is 5.75 Å². The summed E-state index contributed by atoms with van der Waals surface area (Å²) in [5, 5.41) is 18.1. The maximum atomic E-state index is 10.4. The molecule has 0 bridgehead atoms. The lowest BCUT2D eigenvalue weighted by Crippen LogP contribution is -1.92. The number of phenolic OH excluding ortho intramolecular Hbond substituents is 1. The number of aryl methyl sites for hydroxylation is 1. The van der Waals surface area contributed by atoms with E-state index in [1.165, 1.54) is 0 Å². The summed E-state index contributed by atoms with van der Waals surface area (Å²) in [5.41, 5.74) is 2.00. The summed E-state index contributed by atoms with van der Waals surface area (Å²) in [6, 6.07) is 5.10. The quantitative estimate of drug-likeness (QED) is 0.706. The van der Waals surface area contributed by atoms with Gasteiger partial charge < -0.3 is 10.2 Å². The molecule has 2 N–H and O–H groups in total. The second-order valence-electron chi connectivity index (χ2n) is 3.13. The number of phenols is 1. The molecule has 0 aliphatic rings. The van der Waals surface area contributed by atoms with Gasteiger partial charge in [0.15, 0.2) is 0 Å². The molecule has 0 aliphatic heterocycles. The Morgan fingerprint density at radius 3 is 2.57 bits per heavy atom. The van der Waals surface area contributed by atoms with Gasteiger partial charge in [-0.2, -0.15) is 0 Å². The zero-order valence-electron chi connectivity index (χ0n) is 8.11. The second-order valence-corrected chi connectivity index (χ2v) is 3.13. The van der Waals surface area contributed by atoms with Gasteiger partial charge in [-0.15, -0.1) is 0 Å². The number of carbonyl (C=O) groups is 1. The number of carboxylic acid groups (broad SMARTS) is 1. The van der Waals surface area contributed by atoms with Crippen LogP contribution in [0, 0.1) is 6.92 Å². The van der Waals surface area contributed by atoms with E-state index >= 15 is 0 Å². The van der Waals surface area contributed by atoms with E-state index in [-0.39, 0.29) is 5.75 Å². The van der Waals surface area contributed by atoms with Gasteiger partial charge in [-0.1, -0.05) is 12.1 Å². The Kier molecular flexibility index (Phi) is 2.92. The number of carboxylic acids is 1. The van der Waals surface area contributed by atoms with Crippen molar-refractivity contribution in [3.63, 3.8) is 0 Å². The Morgan fingerprint density at radius 2 is 2.07 bits per heavy atom. The maximum absolute atomic E-state index is 10.4. The molecule has 0 amide bonds. The average Bonchev–Trinajstić information content (AvgIpc) is 2.01. The number of aromatic hydroxyl groups is 1. The van der Waals surface area contributed by atoms with Crippen LogP contribution in [-0.2, 0) is 4.79 Å². The fourth-order valence-corrected chi connectivity index (χ4v) is 1.42. The number of aliphatic carboxylic acids is 1. The number of rotatable bonds is 2. The van der Waals surface area contributed by atoms with E-state index in [2.05, 4.69) is 0 Å². The molecular weight excluding hydrogens is 180 g/mol. The lowest BCUT2D eigenvalue weighted by molar-refractivity contribution is -0.131. The van der Waals surface area contributed by atoms with Crippen LogP contribution in [0.15, 0.2) is 24.3 Å². The molecule has 1 aromatic rings. The summed E-state index contributed by atoms with van der Waals surface area (Å²) in [6.45, 7) is 3.49. The molecule has 0 aliphatic carbocycles. The Morgan fingerprint density at radius 1 is 1.43 bits per heavy atom. The predicted molar refractivity (Wildman–Crippen MR) is 54.1 cm³/mol. The summed E-state index contributed by atoms with van der Waals surface area (Å²) >= 11 is 0. The molecule has 0 atom stereocenters. The summed E-state index contributed by atoms with van der Waals surface area (Å²) in [5.74, 6) is -0.898. The third-order valence-corrected chi connectivity index (χ3v) is 1.99. The van der Waals surface area contributed by atoms with Crippen molar-refractivity contribution in [2.45, 2.75) is 13.8 Å². The van der Waals surface area contributed by atoms with Crippen molar-refractivity contribution >= 4 is 11.5 Å². The Bertz CT molecular complexity index is 371. The first-order chi connectivity index (χ1) is 6.52. The van der Waals surface area contributed by atoms with E-state index in [1.807, 2.05) is 13.0 Å². The molecule has 0 unspecified atom stereocenters. The standard InChI is InChI=1S/C11H12O3/c1-7-4-3-5-9(12)11(7)8(2)6-10(13)14/h3-6,12H,1-2H3,(H,13,14)/b8-6+. The number of allylic oxidation sites excluding steroid dienone is 1. The largest absolute Gasteiger partial charge is 0.507 e. The van der Waals surface area contributed by atoms with E-state index < -0.39 is 5.97 Å². The van der Waals surface area contributed by atoms with Crippen molar-refractivity contribution in [2.75, 3.05) is 0 Å². The van der Waals surface area contributed by atoms with E-state index in [4.69, 9.17) is 5.11 Å². The number of hydrogen-bond acceptors (Lipinski definition) is 2. The van der Waals surface area contributed by atoms with Crippen LogP contribution in [-0.4, -0.2) is 16.2 Å². The highest BCUT2D eigenvalue weighted by atomic mass is 16.4. The normalized spacial score (nSPS) is 11.4. The number of hydrogen-bond donors (Lipinski definition) is 2. The lowest BCUT2D eigenvalue weighted by atomic mass is 10.0. The first kappa shape index (κ1) is 10.3. The molecule has 3 heteroatoms. The summed E-state index contributed by atoms with van der Waals surface area (Å²) in [6.07, 6.45) is 1.09. The van der Waals surface area contributed by atoms with Crippen LogP contribution < -0.4 is 0 Å². The first-order valence-electron chi connectivity index (χ1n) is 4.22. The molecule has 74 valence electrons. The van der Waals surface area contributed by atoms with Gasteiger partial charge in [-0.25, -0.2) is 4.79 Å². The number of benzene rings is 1. The molecule has 0 aromatic heterocycles. The minimum atomic E-state index is -1.01. The average molecular weight is 192 g/mol. The van der Waals surface area contributed by atoms with E-state index in [9.17, 15) is 9.90 Å². The van der Waals surface area contributed by atoms with Crippen LogP contribution in [0.5, 0.6) is 5.75 Å². The van der Waals surface area contributed by atoms with E-state index in [0.717, 1.165) is 11.6 Å². The van der Waals surface area contributed by atoms with Gasteiger partial charge >= 0.3 is 5.97 Å². The van der Waals surface area contributed by atoms with Crippen molar-refractivity contribution < 1.29 is 15.0 Å². The molecule has 3 nitrogen and oxygen atoms in total. The minimum Gasteiger partial charge on any atom is -0.507 e. The van der Waals surface area contributed by atoms with Crippen LogP contribution in [0.4, 0.5) is 0 Å². The van der Waals surface area contributed by atoms with Gasteiger partial charge in [-0.3, -0.25) is 0 Å². The van der Waals surface area contributed by atoms with Gasteiger partial charge in [0, 0.05) is 11.6 Å². The smallest absolute Gasteiger partial charge is 0.328 e. The zero-order valence-corrected chi connectivity index (χ0v) is 8.11. The highest BCUT2D eigenvalue weighted by Crippen LogP contribution is 2.27. The zero-order chi connectivity index (χ0) is 10.7. The van der Waals surface area contributed by atoms with Gasteiger partial charge in [-0.05, 0) is 31.1 Å². The predicted octanol–water partition coefficient (Wildman–Crippen LogP) is 2.19. The van der Waals surface area contributed by atoms with Crippen molar-refractivity contribution in [1.82, 2.24) is 0 Å². The first-order valence-corrected chi connectivity index (χ1v) is 4.22. The highest BCUT2D eigenvalue weighted by Gasteiger charge is 2.07. The molecular formula is C11H12O3. The fraction of sp³-hybridized carbons (Fsp3) is 0.182. The van der Waals surface area contributed by atoms with Crippen LogP contribution in [0.1, 0.15) is 18.1 Å². The van der Waals surface area contributed by atoms with Gasteiger partial charge in [0.05, 0.1) is 0 Å². The molecule has 0 spiro atoms. The van der Waals surface area contributed by atoms with Crippen LogP contribution >= 0.6 is 0 Å². The van der Waals surface area contributed by atoms with Gasteiger partial charge in [0.2, 0.25) is 0 Å². The van der Waals surface area contributed by atoms with Crippen molar-refractivity contribution in [3.8, 4) is 5.75 Å². The molecule has 0 radical (unpaired) electrons.